The van der Waals surface area contributed by atoms with E-state index in [-0.39, 0.29) is 16.8 Å². The van der Waals surface area contributed by atoms with Crippen LogP contribution < -0.4 is 10.5 Å². The Kier molecular flexibility index (Phi) is 5.30. The monoisotopic (exact) mass is 419 g/mol. The van der Waals surface area contributed by atoms with Crippen LogP contribution in [0.3, 0.4) is 0 Å². The minimum absolute atomic E-state index is 0.00708. The lowest BCUT2D eigenvalue weighted by atomic mass is 9.96. The number of hydrogen-bond donors (Lipinski definition) is 2. The minimum Gasteiger partial charge on any atom is -0.348 e. The van der Waals surface area contributed by atoms with Gasteiger partial charge < -0.3 is 5.32 Å². The second-order valence-corrected chi connectivity index (χ2v) is 10.3. The third kappa shape index (κ3) is 4.15. The fraction of sp³-hybridized carbons (Fsp3) is 0.450. The van der Waals surface area contributed by atoms with Crippen molar-refractivity contribution in [3.63, 3.8) is 0 Å². The summed E-state index contributed by atoms with van der Waals surface area (Å²) in [5.74, 6) is 0.664. The van der Waals surface area contributed by atoms with E-state index in [2.05, 4.69) is 21.7 Å². The largest absolute Gasteiger partial charge is 0.348 e. The lowest BCUT2D eigenvalue weighted by Crippen LogP contribution is -2.43. The lowest BCUT2D eigenvalue weighted by Gasteiger charge is -2.36. The molecule has 1 aliphatic heterocycles. The smallest absolute Gasteiger partial charge is 0.238 e. The number of carbonyl (C=O) groups excluding carboxylic acids is 1. The average Bonchev–Trinajstić information content (AvgIpc) is 3.37. The number of fused-ring (bicyclic) bond motifs is 1. The summed E-state index contributed by atoms with van der Waals surface area (Å²) in [4.78, 5) is 16.6. The summed E-state index contributed by atoms with van der Waals surface area (Å²) in [7, 11) is -3.71. The van der Waals surface area contributed by atoms with Crippen LogP contribution in [-0.4, -0.2) is 32.3 Å². The van der Waals surface area contributed by atoms with Gasteiger partial charge in [-0.25, -0.2) is 13.6 Å². The number of thiophene rings is 1. The number of sulfonamides is 1. The van der Waals surface area contributed by atoms with Gasteiger partial charge in [-0.05, 0) is 66.8 Å². The van der Waals surface area contributed by atoms with Crippen LogP contribution >= 0.6 is 11.3 Å². The third-order valence-corrected chi connectivity index (χ3v) is 7.55. The Bertz CT molecular complexity index is 965. The second-order valence-electron chi connectivity index (χ2n) is 7.71. The Hall–Kier alpha value is -1.74. The maximum absolute atomic E-state index is 12.7. The maximum atomic E-state index is 12.7. The van der Waals surface area contributed by atoms with Gasteiger partial charge in [-0.1, -0.05) is 12.1 Å². The lowest BCUT2D eigenvalue weighted by molar-refractivity contribution is -0.123. The number of rotatable bonds is 6. The number of nitrogens with one attached hydrogen (secondary N) is 1. The highest BCUT2D eigenvalue weighted by Crippen LogP contribution is 2.48. The molecule has 4 rings (SSSR count). The highest BCUT2D eigenvalue weighted by atomic mass is 32.2. The second kappa shape index (κ2) is 7.59. The SMILES string of the molecule is C[C@H](NC(=O)CN1CCc2sccc2[C@@H]1C1CC1)c1ccc(S(N)(=O)=O)cc1. The van der Waals surface area contributed by atoms with E-state index in [0.717, 1.165) is 18.5 Å². The van der Waals surface area contributed by atoms with Gasteiger partial charge in [0, 0.05) is 17.5 Å². The summed E-state index contributed by atoms with van der Waals surface area (Å²) in [6.07, 6.45) is 3.49. The molecule has 1 amide bonds. The predicted octanol–water partition coefficient (Wildman–Crippen LogP) is 2.58. The van der Waals surface area contributed by atoms with Crippen LogP contribution in [0.1, 0.15) is 47.9 Å². The van der Waals surface area contributed by atoms with Gasteiger partial charge in [0.15, 0.2) is 0 Å². The van der Waals surface area contributed by atoms with E-state index < -0.39 is 10.0 Å². The summed E-state index contributed by atoms with van der Waals surface area (Å²) in [5, 5.41) is 10.3. The van der Waals surface area contributed by atoms with Crippen LogP contribution in [0, 0.1) is 5.92 Å². The molecule has 3 N–H and O–H groups in total. The van der Waals surface area contributed by atoms with Crippen molar-refractivity contribution in [1.29, 1.82) is 0 Å². The molecular weight excluding hydrogens is 394 g/mol. The van der Waals surface area contributed by atoms with Gasteiger partial charge in [0.1, 0.15) is 0 Å². The Morgan fingerprint density at radius 2 is 2.00 bits per heavy atom. The summed E-state index contributed by atoms with van der Waals surface area (Å²) in [5.41, 5.74) is 2.26. The summed E-state index contributed by atoms with van der Waals surface area (Å²) < 4.78 is 22.8. The Balaban J connectivity index is 1.40. The van der Waals surface area contributed by atoms with Crippen LogP contribution in [-0.2, 0) is 21.2 Å². The molecule has 1 saturated carbocycles. The highest BCUT2D eigenvalue weighted by Gasteiger charge is 2.40. The molecule has 0 saturated heterocycles. The number of nitrogens with two attached hydrogens (primary N) is 1. The molecule has 2 heterocycles. The molecule has 6 nitrogen and oxygen atoms in total. The van der Waals surface area contributed by atoms with E-state index >= 15 is 0 Å². The molecule has 2 aromatic rings. The molecule has 1 aromatic heterocycles. The molecule has 0 spiro atoms. The van der Waals surface area contributed by atoms with Crippen LogP contribution in [0.15, 0.2) is 40.6 Å². The normalized spacial score (nSPS) is 21.1. The highest BCUT2D eigenvalue weighted by molar-refractivity contribution is 7.89. The molecule has 8 heteroatoms. The van der Waals surface area contributed by atoms with Gasteiger partial charge >= 0.3 is 0 Å². The van der Waals surface area contributed by atoms with Crippen molar-refractivity contribution in [1.82, 2.24) is 10.2 Å². The van der Waals surface area contributed by atoms with Crippen LogP contribution in [0.2, 0.25) is 0 Å². The predicted molar refractivity (Wildman–Crippen MR) is 109 cm³/mol. The standard InChI is InChI=1S/C20H25N3O3S2/c1-13(14-4-6-16(7-5-14)28(21,25)26)22-19(24)12-23-10-8-18-17(9-11-27-18)20(23)15-2-3-15/h4-7,9,11,13,15,20H,2-3,8,10,12H2,1H3,(H,22,24)(H2,21,25,26)/t13-,20-/m0/s1. The molecule has 0 unspecified atom stereocenters. The van der Waals surface area contributed by atoms with Crippen molar-refractivity contribution >= 4 is 27.3 Å². The zero-order valence-corrected chi connectivity index (χ0v) is 17.4. The van der Waals surface area contributed by atoms with E-state index in [9.17, 15) is 13.2 Å². The van der Waals surface area contributed by atoms with E-state index in [1.807, 2.05) is 18.3 Å². The molecule has 1 fully saturated rings. The van der Waals surface area contributed by atoms with E-state index in [0.29, 0.717) is 18.5 Å². The molecule has 28 heavy (non-hydrogen) atoms. The molecule has 150 valence electrons. The quantitative estimate of drug-likeness (QED) is 0.753. The van der Waals surface area contributed by atoms with Gasteiger partial charge in [0.25, 0.3) is 0 Å². The van der Waals surface area contributed by atoms with Crippen LogP contribution in [0.25, 0.3) is 0 Å². The summed E-state index contributed by atoms with van der Waals surface area (Å²) in [6, 6.07) is 8.71. The van der Waals surface area contributed by atoms with Crippen molar-refractivity contribution in [2.45, 2.75) is 43.2 Å². The van der Waals surface area contributed by atoms with Gasteiger partial charge in [0.05, 0.1) is 17.5 Å². The number of amides is 1. The molecule has 1 aliphatic carbocycles. The molecule has 1 aromatic carbocycles. The average molecular weight is 420 g/mol. The fourth-order valence-corrected chi connectivity index (χ4v) is 5.47. The zero-order valence-electron chi connectivity index (χ0n) is 15.8. The first-order valence-corrected chi connectivity index (χ1v) is 12.0. The number of hydrogen-bond acceptors (Lipinski definition) is 5. The first-order valence-electron chi connectivity index (χ1n) is 9.55. The van der Waals surface area contributed by atoms with Gasteiger partial charge in [-0.2, -0.15) is 0 Å². The number of carbonyl (C=O) groups is 1. The topological polar surface area (TPSA) is 92.5 Å². The van der Waals surface area contributed by atoms with Crippen LogP contribution in [0.4, 0.5) is 0 Å². The van der Waals surface area contributed by atoms with E-state index in [4.69, 9.17) is 5.14 Å². The Labute approximate surface area is 169 Å². The molecule has 0 bridgehead atoms. The fourth-order valence-electron chi connectivity index (χ4n) is 4.04. The van der Waals surface area contributed by atoms with Crippen LogP contribution in [0.5, 0.6) is 0 Å². The van der Waals surface area contributed by atoms with Crippen molar-refractivity contribution < 1.29 is 13.2 Å². The number of primary sulfonamides is 1. The summed E-state index contributed by atoms with van der Waals surface area (Å²) in [6.45, 7) is 3.20. The Morgan fingerprint density at radius 3 is 2.64 bits per heavy atom. The van der Waals surface area contributed by atoms with Gasteiger partial charge in [0.2, 0.25) is 15.9 Å². The number of nitrogens with zero attached hydrogens (tertiary/aromatic N) is 1. The van der Waals surface area contributed by atoms with Gasteiger partial charge in [-0.15, -0.1) is 11.3 Å². The van der Waals surface area contributed by atoms with Crippen molar-refractivity contribution in [2.75, 3.05) is 13.1 Å². The third-order valence-electron chi connectivity index (χ3n) is 5.62. The minimum atomic E-state index is -3.71. The van der Waals surface area contributed by atoms with Crippen molar-refractivity contribution in [2.24, 2.45) is 11.1 Å². The molecular formula is C20H25N3O3S2. The maximum Gasteiger partial charge on any atom is 0.238 e. The molecule has 2 aliphatic rings. The van der Waals surface area contributed by atoms with Gasteiger partial charge in [-0.3, -0.25) is 9.69 Å². The molecule has 0 radical (unpaired) electrons. The summed E-state index contributed by atoms with van der Waals surface area (Å²) >= 11 is 1.83. The van der Waals surface area contributed by atoms with E-state index in [1.54, 1.807) is 12.1 Å². The Morgan fingerprint density at radius 1 is 1.29 bits per heavy atom. The number of benzene rings is 1. The zero-order chi connectivity index (χ0) is 19.9. The first-order chi connectivity index (χ1) is 13.3. The van der Waals surface area contributed by atoms with E-state index in [1.165, 1.54) is 35.4 Å². The van der Waals surface area contributed by atoms with Crippen molar-refractivity contribution in [3.05, 3.63) is 51.7 Å². The molecule has 2 atom stereocenters. The van der Waals surface area contributed by atoms with Crippen molar-refractivity contribution in [3.8, 4) is 0 Å². The first kappa shape index (κ1) is 19.6.